The van der Waals surface area contributed by atoms with Crippen molar-refractivity contribution in [1.82, 2.24) is 9.88 Å². The van der Waals surface area contributed by atoms with Gasteiger partial charge < -0.3 is 4.74 Å². The van der Waals surface area contributed by atoms with E-state index in [4.69, 9.17) is 4.74 Å². The Morgan fingerprint density at radius 1 is 1.35 bits per heavy atom. The number of nitrogens with zero attached hydrogens (tertiary/aromatic N) is 2. The highest BCUT2D eigenvalue weighted by Crippen LogP contribution is 2.36. The molecule has 0 amide bonds. The van der Waals surface area contributed by atoms with Gasteiger partial charge in [0.05, 0.1) is 6.61 Å². The monoisotopic (exact) mass is 330 g/mol. The van der Waals surface area contributed by atoms with Gasteiger partial charge in [-0.05, 0) is 66.8 Å². The SMILES string of the molecule is CCOC[C@]1(CCc2ccsc2)CCN(Cc2cccnc2)C1. The number of pyridine rings is 1. The van der Waals surface area contributed by atoms with Crippen LogP contribution in [0.5, 0.6) is 0 Å². The minimum absolute atomic E-state index is 0.306. The molecule has 0 spiro atoms. The number of aryl methyl sites for hydroxylation is 1. The highest BCUT2D eigenvalue weighted by Gasteiger charge is 2.37. The largest absolute Gasteiger partial charge is 0.381 e. The highest BCUT2D eigenvalue weighted by molar-refractivity contribution is 7.07. The molecule has 2 aromatic heterocycles. The van der Waals surface area contributed by atoms with Crippen LogP contribution in [0.3, 0.4) is 0 Å². The van der Waals surface area contributed by atoms with Crippen LogP contribution in [0, 0.1) is 5.41 Å². The van der Waals surface area contributed by atoms with Crippen LogP contribution in [-0.2, 0) is 17.7 Å². The fraction of sp³-hybridized carbons (Fsp3) is 0.526. The van der Waals surface area contributed by atoms with E-state index in [1.165, 1.54) is 24.0 Å². The molecule has 1 aliphatic heterocycles. The Balaban J connectivity index is 1.60. The Labute approximate surface area is 143 Å². The van der Waals surface area contributed by atoms with Crippen molar-refractivity contribution in [2.45, 2.75) is 32.7 Å². The van der Waals surface area contributed by atoms with E-state index in [0.717, 1.165) is 39.3 Å². The van der Waals surface area contributed by atoms with E-state index < -0.39 is 0 Å². The zero-order chi connectivity index (χ0) is 16.0. The van der Waals surface area contributed by atoms with Crippen LogP contribution < -0.4 is 0 Å². The summed E-state index contributed by atoms with van der Waals surface area (Å²) in [5, 5.41) is 4.45. The van der Waals surface area contributed by atoms with Gasteiger partial charge in [-0.15, -0.1) is 0 Å². The molecule has 0 radical (unpaired) electrons. The van der Waals surface area contributed by atoms with E-state index in [1.54, 1.807) is 11.3 Å². The first-order valence-corrected chi connectivity index (χ1v) is 9.44. The van der Waals surface area contributed by atoms with Crippen LogP contribution in [0.1, 0.15) is 30.9 Å². The minimum Gasteiger partial charge on any atom is -0.381 e. The number of likely N-dealkylation sites (tertiary alicyclic amines) is 1. The highest BCUT2D eigenvalue weighted by atomic mass is 32.1. The summed E-state index contributed by atoms with van der Waals surface area (Å²) in [6, 6.07) is 6.44. The molecule has 0 saturated carbocycles. The molecular formula is C19H26N2OS. The van der Waals surface area contributed by atoms with Crippen molar-refractivity contribution < 1.29 is 4.74 Å². The summed E-state index contributed by atoms with van der Waals surface area (Å²) in [5.41, 5.74) is 3.08. The molecular weight excluding hydrogens is 304 g/mol. The van der Waals surface area contributed by atoms with Crippen LogP contribution in [0.4, 0.5) is 0 Å². The average molecular weight is 330 g/mol. The molecule has 3 rings (SSSR count). The lowest BCUT2D eigenvalue weighted by Gasteiger charge is -2.29. The maximum atomic E-state index is 5.85. The maximum absolute atomic E-state index is 5.85. The van der Waals surface area contributed by atoms with E-state index in [0.29, 0.717) is 5.41 Å². The summed E-state index contributed by atoms with van der Waals surface area (Å²) in [6.07, 6.45) is 7.43. The molecule has 1 atom stereocenters. The fourth-order valence-electron chi connectivity index (χ4n) is 3.47. The maximum Gasteiger partial charge on any atom is 0.0535 e. The van der Waals surface area contributed by atoms with Crippen molar-refractivity contribution in [1.29, 1.82) is 0 Å². The van der Waals surface area contributed by atoms with Crippen molar-refractivity contribution in [2.75, 3.05) is 26.3 Å². The van der Waals surface area contributed by atoms with Gasteiger partial charge in [-0.25, -0.2) is 0 Å². The molecule has 0 N–H and O–H groups in total. The van der Waals surface area contributed by atoms with Crippen molar-refractivity contribution in [3.05, 3.63) is 52.5 Å². The van der Waals surface area contributed by atoms with Crippen LogP contribution in [-0.4, -0.2) is 36.2 Å². The normalized spacial score (nSPS) is 21.8. The Hall–Kier alpha value is -1.23. The Morgan fingerprint density at radius 3 is 3.04 bits per heavy atom. The summed E-state index contributed by atoms with van der Waals surface area (Å²) in [4.78, 5) is 6.79. The summed E-state index contributed by atoms with van der Waals surface area (Å²) in [6.45, 7) is 7.08. The molecule has 1 aliphatic rings. The van der Waals surface area contributed by atoms with Gasteiger partial charge in [0.15, 0.2) is 0 Å². The van der Waals surface area contributed by atoms with Gasteiger partial charge in [0.2, 0.25) is 0 Å². The van der Waals surface area contributed by atoms with Gasteiger partial charge >= 0.3 is 0 Å². The lowest BCUT2D eigenvalue weighted by Crippen LogP contribution is -2.32. The standard InChI is InChI=1S/C19H26N2OS/c1-2-22-16-19(7-5-17-6-11-23-14-17)8-10-21(15-19)13-18-4-3-9-20-12-18/h3-4,6,9,11-12,14H,2,5,7-8,10,13,15-16H2,1H3/t19-/m1/s1. The number of rotatable bonds is 8. The predicted octanol–water partition coefficient (Wildman–Crippen LogP) is 4.00. The van der Waals surface area contributed by atoms with Gasteiger partial charge in [0.25, 0.3) is 0 Å². The Bertz CT molecular complexity index is 572. The third kappa shape index (κ3) is 4.63. The van der Waals surface area contributed by atoms with Crippen molar-refractivity contribution in [3.8, 4) is 0 Å². The predicted molar refractivity (Wildman–Crippen MR) is 95.7 cm³/mol. The van der Waals surface area contributed by atoms with Gasteiger partial charge in [-0.1, -0.05) is 6.07 Å². The molecule has 0 aromatic carbocycles. The second-order valence-electron chi connectivity index (χ2n) is 6.59. The molecule has 1 saturated heterocycles. The second-order valence-corrected chi connectivity index (χ2v) is 7.37. The third-order valence-electron chi connectivity index (χ3n) is 4.78. The van der Waals surface area contributed by atoms with E-state index in [-0.39, 0.29) is 0 Å². The van der Waals surface area contributed by atoms with E-state index in [2.05, 4.69) is 39.7 Å². The lowest BCUT2D eigenvalue weighted by atomic mass is 9.82. The Kier molecular flexibility index (Phi) is 5.81. The molecule has 3 nitrogen and oxygen atoms in total. The van der Waals surface area contributed by atoms with Crippen molar-refractivity contribution in [3.63, 3.8) is 0 Å². The topological polar surface area (TPSA) is 25.4 Å². The van der Waals surface area contributed by atoms with Crippen molar-refractivity contribution >= 4 is 11.3 Å². The lowest BCUT2D eigenvalue weighted by molar-refractivity contribution is 0.0489. The first-order valence-electron chi connectivity index (χ1n) is 8.50. The molecule has 124 valence electrons. The fourth-order valence-corrected chi connectivity index (χ4v) is 4.17. The third-order valence-corrected chi connectivity index (χ3v) is 5.51. The van der Waals surface area contributed by atoms with Crippen LogP contribution in [0.15, 0.2) is 41.4 Å². The molecule has 0 bridgehead atoms. The quantitative estimate of drug-likeness (QED) is 0.731. The van der Waals surface area contributed by atoms with E-state index in [1.807, 2.05) is 18.5 Å². The number of hydrogen-bond donors (Lipinski definition) is 0. The molecule has 3 heterocycles. The summed E-state index contributed by atoms with van der Waals surface area (Å²) in [5.74, 6) is 0. The zero-order valence-electron chi connectivity index (χ0n) is 13.9. The molecule has 0 aliphatic carbocycles. The molecule has 23 heavy (non-hydrogen) atoms. The number of aromatic nitrogens is 1. The van der Waals surface area contributed by atoms with Crippen LogP contribution >= 0.6 is 11.3 Å². The van der Waals surface area contributed by atoms with Crippen LogP contribution in [0.2, 0.25) is 0 Å². The number of hydrogen-bond acceptors (Lipinski definition) is 4. The summed E-state index contributed by atoms with van der Waals surface area (Å²) < 4.78 is 5.85. The van der Waals surface area contributed by atoms with E-state index >= 15 is 0 Å². The molecule has 2 aromatic rings. The summed E-state index contributed by atoms with van der Waals surface area (Å²) >= 11 is 1.79. The zero-order valence-corrected chi connectivity index (χ0v) is 14.7. The number of ether oxygens (including phenoxy) is 1. The Morgan fingerprint density at radius 2 is 2.30 bits per heavy atom. The number of thiophene rings is 1. The molecule has 1 fully saturated rings. The van der Waals surface area contributed by atoms with Crippen LogP contribution in [0.25, 0.3) is 0 Å². The van der Waals surface area contributed by atoms with Gasteiger partial charge in [-0.2, -0.15) is 11.3 Å². The van der Waals surface area contributed by atoms with Gasteiger partial charge in [-0.3, -0.25) is 9.88 Å². The first kappa shape index (κ1) is 16.6. The molecule has 0 unspecified atom stereocenters. The smallest absolute Gasteiger partial charge is 0.0535 e. The van der Waals surface area contributed by atoms with Gasteiger partial charge in [0, 0.05) is 37.5 Å². The van der Waals surface area contributed by atoms with E-state index in [9.17, 15) is 0 Å². The second kappa shape index (κ2) is 8.04. The molecule has 4 heteroatoms. The first-order chi connectivity index (χ1) is 11.3. The van der Waals surface area contributed by atoms with Gasteiger partial charge in [0.1, 0.15) is 0 Å². The van der Waals surface area contributed by atoms with Crippen molar-refractivity contribution in [2.24, 2.45) is 5.41 Å². The summed E-state index contributed by atoms with van der Waals surface area (Å²) in [7, 11) is 0. The minimum atomic E-state index is 0.306. The average Bonchev–Trinajstić information content (AvgIpc) is 3.23.